The van der Waals surface area contributed by atoms with Crippen LogP contribution >= 0.6 is 11.7 Å². The Hall–Kier alpha value is -3.30. The lowest BCUT2D eigenvalue weighted by Crippen LogP contribution is -2.15. The lowest BCUT2D eigenvalue weighted by Gasteiger charge is -2.10. The Kier molecular flexibility index (Phi) is 4.99. The first kappa shape index (κ1) is 19.0. The van der Waals surface area contributed by atoms with Crippen molar-refractivity contribution in [1.29, 1.82) is 0 Å². The van der Waals surface area contributed by atoms with Gasteiger partial charge < -0.3 is 5.32 Å². The third-order valence-corrected chi connectivity index (χ3v) is 6.18. The van der Waals surface area contributed by atoms with Crippen molar-refractivity contribution in [2.45, 2.75) is 11.8 Å². The average Bonchev–Trinajstić information content (AvgIpc) is 3.18. The van der Waals surface area contributed by atoms with Crippen LogP contribution in [0.1, 0.15) is 15.9 Å². The Morgan fingerprint density at radius 2 is 1.72 bits per heavy atom. The fraction of sp³-hybridized carbons (Fsp3) is 0.0500. The fourth-order valence-electron chi connectivity index (χ4n) is 2.76. The topological polar surface area (TPSA) is 101 Å². The number of benzene rings is 3. The van der Waals surface area contributed by atoms with Crippen molar-refractivity contribution < 1.29 is 13.2 Å². The second-order valence-corrected chi connectivity index (χ2v) is 8.60. The van der Waals surface area contributed by atoms with Crippen LogP contribution in [0.2, 0.25) is 0 Å². The molecule has 0 atom stereocenters. The highest BCUT2D eigenvalue weighted by Crippen LogP contribution is 2.23. The maximum Gasteiger partial charge on any atom is 0.261 e. The molecule has 9 heteroatoms. The van der Waals surface area contributed by atoms with Crippen molar-refractivity contribution in [3.05, 3.63) is 77.9 Å². The predicted molar refractivity (Wildman–Crippen MR) is 114 cm³/mol. The number of nitrogens with one attached hydrogen (secondary N) is 2. The zero-order valence-corrected chi connectivity index (χ0v) is 16.9. The molecule has 0 saturated heterocycles. The monoisotopic (exact) mass is 424 g/mol. The lowest BCUT2D eigenvalue weighted by atomic mass is 10.2. The normalized spacial score (nSPS) is 11.3. The van der Waals surface area contributed by atoms with Crippen LogP contribution in [-0.2, 0) is 10.0 Å². The van der Waals surface area contributed by atoms with Gasteiger partial charge in [-0.2, -0.15) is 8.75 Å². The third kappa shape index (κ3) is 4.10. The minimum atomic E-state index is -3.75. The second kappa shape index (κ2) is 7.61. The van der Waals surface area contributed by atoms with E-state index in [1.54, 1.807) is 42.5 Å². The molecule has 1 heterocycles. The SMILES string of the molecule is Cc1ccc(S(=O)(=O)Nc2cccc(C(=O)Nc3cccc4nsnc34)c2)cc1. The summed E-state index contributed by atoms with van der Waals surface area (Å²) < 4.78 is 36.0. The van der Waals surface area contributed by atoms with Crippen molar-refractivity contribution in [2.24, 2.45) is 0 Å². The van der Waals surface area contributed by atoms with Crippen molar-refractivity contribution in [1.82, 2.24) is 8.75 Å². The number of hydrogen-bond donors (Lipinski definition) is 2. The van der Waals surface area contributed by atoms with Crippen LogP contribution in [0.4, 0.5) is 11.4 Å². The summed E-state index contributed by atoms with van der Waals surface area (Å²) in [6.45, 7) is 1.88. The fourth-order valence-corrected chi connectivity index (χ4v) is 4.36. The minimum absolute atomic E-state index is 0.153. The predicted octanol–water partition coefficient (Wildman–Crippen LogP) is 4.05. The van der Waals surface area contributed by atoms with E-state index in [-0.39, 0.29) is 10.8 Å². The Balaban J connectivity index is 1.56. The van der Waals surface area contributed by atoms with Crippen molar-refractivity contribution in [3.8, 4) is 0 Å². The van der Waals surface area contributed by atoms with Gasteiger partial charge in [-0.05, 0) is 49.4 Å². The van der Waals surface area contributed by atoms with Gasteiger partial charge in [0.25, 0.3) is 15.9 Å². The highest BCUT2D eigenvalue weighted by molar-refractivity contribution is 7.92. The molecule has 1 aromatic heterocycles. The summed E-state index contributed by atoms with van der Waals surface area (Å²) in [5.74, 6) is -0.373. The second-order valence-electron chi connectivity index (χ2n) is 6.39. The molecule has 29 heavy (non-hydrogen) atoms. The van der Waals surface area contributed by atoms with E-state index < -0.39 is 10.0 Å². The maximum absolute atomic E-state index is 12.7. The van der Waals surface area contributed by atoms with Crippen molar-refractivity contribution in [3.63, 3.8) is 0 Å². The van der Waals surface area contributed by atoms with Gasteiger partial charge in [0.1, 0.15) is 11.0 Å². The minimum Gasteiger partial charge on any atom is -0.320 e. The van der Waals surface area contributed by atoms with E-state index in [9.17, 15) is 13.2 Å². The molecule has 0 unspecified atom stereocenters. The van der Waals surface area contributed by atoms with E-state index >= 15 is 0 Å². The van der Waals surface area contributed by atoms with Gasteiger partial charge >= 0.3 is 0 Å². The third-order valence-electron chi connectivity index (χ3n) is 4.24. The first-order valence-electron chi connectivity index (χ1n) is 8.64. The zero-order valence-electron chi connectivity index (χ0n) is 15.3. The number of amides is 1. The first-order valence-corrected chi connectivity index (χ1v) is 10.9. The van der Waals surface area contributed by atoms with Gasteiger partial charge in [-0.15, -0.1) is 0 Å². The summed E-state index contributed by atoms with van der Waals surface area (Å²) in [4.78, 5) is 12.8. The molecule has 4 aromatic rings. The number of rotatable bonds is 5. The highest BCUT2D eigenvalue weighted by atomic mass is 32.2. The van der Waals surface area contributed by atoms with Crippen LogP contribution < -0.4 is 10.0 Å². The number of nitrogens with zero attached hydrogens (tertiary/aromatic N) is 2. The summed E-state index contributed by atoms with van der Waals surface area (Å²) in [5.41, 5.74) is 3.44. The average molecular weight is 425 g/mol. The smallest absolute Gasteiger partial charge is 0.261 e. The Bertz CT molecular complexity index is 1300. The van der Waals surface area contributed by atoms with Gasteiger partial charge in [0.2, 0.25) is 0 Å². The van der Waals surface area contributed by atoms with Gasteiger partial charge in [-0.25, -0.2) is 8.42 Å². The molecular weight excluding hydrogens is 408 g/mol. The largest absolute Gasteiger partial charge is 0.320 e. The van der Waals surface area contributed by atoms with E-state index in [1.165, 1.54) is 18.2 Å². The molecule has 3 aromatic carbocycles. The molecule has 0 bridgehead atoms. The van der Waals surface area contributed by atoms with Crippen LogP contribution in [0.15, 0.2) is 71.6 Å². The van der Waals surface area contributed by atoms with E-state index in [0.29, 0.717) is 28.0 Å². The summed E-state index contributed by atoms with van der Waals surface area (Å²) in [5, 5.41) is 2.80. The van der Waals surface area contributed by atoms with Crippen LogP contribution in [-0.4, -0.2) is 23.1 Å². The van der Waals surface area contributed by atoms with Gasteiger partial charge in [0, 0.05) is 11.3 Å². The number of fused-ring (bicyclic) bond motifs is 1. The van der Waals surface area contributed by atoms with E-state index in [2.05, 4.69) is 18.8 Å². The number of aromatic nitrogens is 2. The molecular formula is C20H16N4O3S2. The summed E-state index contributed by atoms with van der Waals surface area (Å²) in [7, 11) is -3.75. The van der Waals surface area contributed by atoms with E-state index in [1.807, 2.05) is 13.0 Å². The summed E-state index contributed by atoms with van der Waals surface area (Å²) in [6.07, 6.45) is 0. The molecule has 146 valence electrons. The van der Waals surface area contributed by atoms with Crippen LogP contribution in [0.25, 0.3) is 11.0 Å². The zero-order chi connectivity index (χ0) is 20.4. The molecule has 0 spiro atoms. The molecule has 4 rings (SSSR count). The Morgan fingerprint density at radius 1 is 0.966 bits per heavy atom. The van der Waals surface area contributed by atoms with Gasteiger partial charge in [0.15, 0.2) is 0 Å². The molecule has 0 aliphatic heterocycles. The Morgan fingerprint density at radius 3 is 2.52 bits per heavy atom. The number of aryl methyl sites for hydroxylation is 1. The van der Waals surface area contributed by atoms with E-state index in [0.717, 1.165) is 17.3 Å². The number of carbonyl (C=O) groups is 1. The van der Waals surface area contributed by atoms with Crippen LogP contribution in [0.3, 0.4) is 0 Å². The van der Waals surface area contributed by atoms with Gasteiger partial charge in [0.05, 0.1) is 22.3 Å². The Labute approximate surface area is 171 Å². The van der Waals surface area contributed by atoms with Crippen molar-refractivity contribution >= 4 is 50.1 Å². The van der Waals surface area contributed by atoms with E-state index in [4.69, 9.17) is 0 Å². The van der Waals surface area contributed by atoms with Crippen molar-refractivity contribution in [2.75, 3.05) is 10.0 Å². The standard InChI is InChI=1S/C20H16N4O3S2/c1-13-8-10-16(11-9-13)29(26,27)24-15-5-2-4-14(12-15)20(25)21-17-6-3-7-18-19(17)23-28-22-18/h2-12,24H,1H3,(H,21,25). The van der Waals surface area contributed by atoms with Gasteiger partial charge in [-0.1, -0.05) is 29.8 Å². The molecule has 0 saturated carbocycles. The number of hydrogen-bond acceptors (Lipinski definition) is 6. The number of anilines is 2. The lowest BCUT2D eigenvalue weighted by molar-refractivity contribution is 0.102. The molecule has 1 amide bonds. The van der Waals surface area contributed by atoms with Crippen LogP contribution in [0.5, 0.6) is 0 Å². The molecule has 7 nitrogen and oxygen atoms in total. The molecule has 0 aliphatic carbocycles. The molecule has 0 fully saturated rings. The highest BCUT2D eigenvalue weighted by Gasteiger charge is 2.16. The quantitative estimate of drug-likeness (QED) is 0.503. The maximum atomic E-state index is 12.7. The molecule has 0 aliphatic rings. The molecule has 0 radical (unpaired) electrons. The van der Waals surface area contributed by atoms with Gasteiger partial charge in [-0.3, -0.25) is 9.52 Å². The number of sulfonamides is 1. The van der Waals surface area contributed by atoms with Crippen LogP contribution in [0, 0.1) is 6.92 Å². The summed E-state index contributed by atoms with van der Waals surface area (Å²) >= 11 is 1.07. The summed E-state index contributed by atoms with van der Waals surface area (Å²) in [6, 6.07) is 18.2. The first-order chi connectivity index (χ1) is 13.9. The number of carbonyl (C=O) groups excluding carboxylic acids is 1. The molecule has 2 N–H and O–H groups in total.